The zero-order valence-corrected chi connectivity index (χ0v) is 16.8. The lowest BCUT2D eigenvalue weighted by Crippen LogP contribution is -2.39. The first-order chi connectivity index (χ1) is 14.2. The van der Waals surface area contributed by atoms with Crippen molar-refractivity contribution in [1.29, 1.82) is 0 Å². The molecule has 0 spiro atoms. The summed E-state index contributed by atoms with van der Waals surface area (Å²) >= 11 is 0. The number of H-pyrrole nitrogens is 1. The number of carbonyl (C=O) groups is 1. The summed E-state index contributed by atoms with van der Waals surface area (Å²) in [5, 5.41) is 0.579. The van der Waals surface area contributed by atoms with E-state index in [1.165, 1.54) is 25.7 Å². The number of nitrogens with one attached hydrogen (secondary N) is 1. The molecule has 4 atom stereocenters. The highest BCUT2D eigenvalue weighted by Gasteiger charge is 2.40. The first-order valence-electron chi connectivity index (χ1n) is 11.0. The van der Waals surface area contributed by atoms with Gasteiger partial charge in [0.15, 0.2) is 0 Å². The van der Waals surface area contributed by atoms with Gasteiger partial charge < -0.3 is 14.6 Å². The fourth-order valence-electron chi connectivity index (χ4n) is 5.66. The summed E-state index contributed by atoms with van der Waals surface area (Å²) < 4.78 is 5.80. The van der Waals surface area contributed by atoms with Gasteiger partial charge in [0, 0.05) is 19.6 Å². The summed E-state index contributed by atoms with van der Waals surface area (Å²) in [5.74, 6) is 2.81. The normalized spacial score (nSPS) is 28.3. The van der Waals surface area contributed by atoms with Crippen molar-refractivity contribution in [2.24, 2.45) is 17.8 Å². The Morgan fingerprint density at radius 3 is 2.86 bits per heavy atom. The number of amides is 1. The van der Waals surface area contributed by atoms with Crippen LogP contribution in [0.2, 0.25) is 0 Å². The van der Waals surface area contributed by atoms with Crippen LogP contribution in [0.15, 0.2) is 29.1 Å². The Bertz CT molecular complexity index is 950. The van der Waals surface area contributed by atoms with Gasteiger partial charge in [-0.1, -0.05) is 18.6 Å². The van der Waals surface area contributed by atoms with Gasteiger partial charge >= 0.3 is 0 Å². The van der Waals surface area contributed by atoms with Crippen molar-refractivity contribution in [1.82, 2.24) is 14.9 Å². The number of fused-ring (bicyclic) bond motifs is 3. The highest BCUT2D eigenvalue weighted by atomic mass is 16.5. The van der Waals surface area contributed by atoms with Gasteiger partial charge in [0.2, 0.25) is 5.91 Å². The lowest BCUT2D eigenvalue weighted by Gasteiger charge is -2.28. The molecule has 1 amide bonds. The third-order valence-corrected chi connectivity index (χ3v) is 7.12. The predicted molar refractivity (Wildman–Crippen MR) is 110 cm³/mol. The molecule has 3 aliphatic rings. The van der Waals surface area contributed by atoms with Crippen LogP contribution in [0, 0.1) is 17.8 Å². The molecule has 1 saturated heterocycles. The lowest BCUT2D eigenvalue weighted by molar-refractivity contribution is -0.135. The maximum absolute atomic E-state index is 13.3. The number of nitrogens with zero attached hydrogens (tertiary/aromatic N) is 2. The van der Waals surface area contributed by atoms with Gasteiger partial charge in [-0.15, -0.1) is 0 Å². The monoisotopic (exact) mass is 395 g/mol. The standard InChI is InChI=1S/C23H29N3O3/c27-22(12-17-11-15-7-8-16(17)10-15)26(13-18-4-3-9-29-18)14-21-24-20-6-2-1-5-19(20)23(28)25-21/h1-2,5-6,15-18H,3-4,7-14H2,(H,24,25,28)/t15-,16-,17-,18+/m0/s1. The van der Waals surface area contributed by atoms with Crippen LogP contribution >= 0.6 is 0 Å². The summed E-state index contributed by atoms with van der Waals surface area (Å²) in [5.41, 5.74) is 0.520. The average molecular weight is 396 g/mol. The van der Waals surface area contributed by atoms with Crippen LogP contribution < -0.4 is 5.56 Å². The number of aromatic amines is 1. The number of aromatic nitrogens is 2. The van der Waals surface area contributed by atoms with Crippen molar-refractivity contribution in [3.8, 4) is 0 Å². The maximum atomic E-state index is 13.3. The summed E-state index contributed by atoms with van der Waals surface area (Å²) in [6.45, 7) is 1.68. The second-order valence-electron chi connectivity index (χ2n) is 9.08. The summed E-state index contributed by atoms with van der Waals surface area (Å²) in [7, 11) is 0. The number of para-hydroxylation sites is 1. The molecule has 6 heteroatoms. The molecule has 0 unspecified atom stereocenters. The number of hydrogen-bond acceptors (Lipinski definition) is 4. The van der Waals surface area contributed by atoms with E-state index in [0.717, 1.165) is 31.3 Å². The van der Waals surface area contributed by atoms with Gasteiger partial charge in [-0.25, -0.2) is 4.98 Å². The van der Waals surface area contributed by atoms with Crippen LogP contribution in [0.5, 0.6) is 0 Å². The van der Waals surface area contributed by atoms with Gasteiger partial charge in [0.05, 0.1) is 23.6 Å². The van der Waals surface area contributed by atoms with Crippen molar-refractivity contribution in [2.45, 2.75) is 57.6 Å². The molecule has 2 bridgehead atoms. The number of ether oxygens (including phenoxy) is 1. The Labute approximate surface area is 170 Å². The Morgan fingerprint density at radius 1 is 1.21 bits per heavy atom. The first-order valence-corrected chi connectivity index (χ1v) is 11.0. The van der Waals surface area contributed by atoms with Crippen molar-refractivity contribution >= 4 is 16.8 Å². The van der Waals surface area contributed by atoms with Crippen LogP contribution in [0.3, 0.4) is 0 Å². The molecular weight excluding hydrogens is 366 g/mol. The molecule has 5 rings (SSSR count). The van der Waals surface area contributed by atoms with Crippen molar-refractivity contribution in [2.75, 3.05) is 13.2 Å². The van der Waals surface area contributed by atoms with Gasteiger partial charge in [-0.2, -0.15) is 0 Å². The number of benzene rings is 1. The van der Waals surface area contributed by atoms with E-state index in [4.69, 9.17) is 4.74 Å². The molecule has 2 aliphatic carbocycles. The minimum Gasteiger partial charge on any atom is -0.376 e. The van der Waals surface area contributed by atoms with Gasteiger partial charge in [0.1, 0.15) is 5.82 Å². The molecular formula is C23H29N3O3. The van der Waals surface area contributed by atoms with Crippen LogP contribution in [-0.4, -0.2) is 40.0 Å². The van der Waals surface area contributed by atoms with Crippen molar-refractivity contribution < 1.29 is 9.53 Å². The van der Waals surface area contributed by atoms with Crippen molar-refractivity contribution in [3.63, 3.8) is 0 Å². The predicted octanol–water partition coefficient (Wildman–Crippen LogP) is 3.26. The van der Waals surface area contributed by atoms with Crippen LogP contribution in [0.1, 0.15) is 50.8 Å². The minimum absolute atomic E-state index is 0.0890. The maximum Gasteiger partial charge on any atom is 0.258 e. The topological polar surface area (TPSA) is 75.3 Å². The van der Waals surface area contributed by atoms with Gasteiger partial charge in [-0.3, -0.25) is 9.59 Å². The van der Waals surface area contributed by atoms with Crippen molar-refractivity contribution in [3.05, 3.63) is 40.4 Å². The van der Waals surface area contributed by atoms with Gasteiger partial charge in [0.25, 0.3) is 5.56 Å². The summed E-state index contributed by atoms with van der Waals surface area (Å²) in [6, 6.07) is 7.33. The van der Waals surface area contributed by atoms with Crippen LogP contribution in [-0.2, 0) is 16.1 Å². The molecule has 3 fully saturated rings. The van der Waals surface area contributed by atoms with E-state index in [-0.39, 0.29) is 17.6 Å². The second kappa shape index (κ2) is 7.90. The summed E-state index contributed by atoms with van der Waals surface area (Å²) in [6.07, 6.45) is 7.88. The highest BCUT2D eigenvalue weighted by Crippen LogP contribution is 2.49. The second-order valence-corrected chi connectivity index (χ2v) is 9.08. The SMILES string of the molecule is O=C(C[C@@H]1C[C@H]2CC[C@H]1C2)N(Cc1nc2ccccc2c(=O)[nH]1)C[C@H]1CCCO1. The first kappa shape index (κ1) is 18.8. The molecule has 29 heavy (non-hydrogen) atoms. The van der Waals surface area contributed by atoms with E-state index in [2.05, 4.69) is 9.97 Å². The minimum atomic E-state index is -0.150. The van der Waals surface area contributed by atoms with Crippen LogP contribution in [0.4, 0.5) is 0 Å². The van der Waals surface area contributed by atoms with E-state index in [0.29, 0.717) is 42.2 Å². The average Bonchev–Trinajstić information content (AvgIpc) is 3.46. The smallest absolute Gasteiger partial charge is 0.258 e. The summed E-state index contributed by atoms with van der Waals surface area (Å²) in [4.78, 5) is 35.1. The van der Waals surface area contributed by atoms with Crippen LogP contribution in [0.25, 0.3) is 10.9 Å². The Morgan fingerprint density at radius 2 is 2.10 bits per heavy atom. The molecule has 1 aromatic heterocycles. The molecule has 154 valence electrons. The Balaban J connectivity index is 1.35. The number of rotatable bonds is 6. The van der Waals surface area contributed by atoms with Gasteiger partial charge in [-0.05, 0) is 62.0 Å². The number of hydrogen-bond donors (Lipinski definition) is 1. The Kier molecular flexibility index (Phi) is 5.12. The molecule has 1 aliphatic heterocycles. The zero-order chi connectivity index (χ0) is 19.8. The Hall–Kier alpha value is -2.21. The molecule has 1 aromatic carbocycles. The quantitative estimate of drug-likeness (QED) is 0.815. The third-order valence-electron chi connectivity index (χ3n) is 7.12. The third kappa shape index (κ3) is 3.95. The highest BCUT2D eigenvalue weighted by molar-refractivity contribution is 5.78. The molecule has 0 radical (unpaired) electrons. The fraction of sp³-hybridized carbons (Fsp3) is 0.609. The zero-order valence-electron chi connectivity index (χ0n) is 16.8. The largest absolute Gasteiger partial charge is 0.376 e. The molecule has 6 nitrogen and oxygen atoms in total. The molecule has 2 aromatic rings. The van der Waals surface area contributed by atoms with E-state index < -0.39 is 0 Å². The van der Waals surface area contributed by atoms with E-state index in [1.807, 2.05) is 23.1 Å². The molecule has 2 heterocycles. The van der Waals surface area contributed by atoms with E-state index in [9.17, 15) is 9.59 Å². The lowest BCUT2D eigenvalue weighted by atomic mass is 9.86. The molecule has 2 saturated carbocycles. The number of carbonyl (C=O) groups excluding carboxylic acids is 1. The fourth-order valence-corrected chi connectivity index (χ4v) is 5.66. The molecule has 1 N–H and O–H groups in total. The van der Waals surface area contributed by atoms with E-state index in [1.54, 1.807) is 6.07 Å². The van der Waals surface area contributed by atoms with E-state index >= 15 is 0 Å².